The molecule has 4 N–H and O–H groups in total. The standard InChI is InChI=1S/2C3H6O4.Hg/c2*4-1-2(5)3(6)7;/h2*2,4-5H,1H2,(H,6,7);/q;;+2/p-2. The molecule has 8 nitrogen and oxygen atoms in total. The van der Waals surface area contributed by atoms with Crippen molar-refractivity contribution < 1.29 is 67.9 Å². The maximum Gasteiger partial charge on any atom is 2.00 e. The van der Waals surface area contributed by atoms with Gasteiger partial charge in [0.1, 0.15) is 12.2 Å². The first kappa shape index (κ1) is 20.2. The number of carbonyl (C=O) groups excluding carboxylic acids is 2. The fourth-order valence-electron chi connectivity index (χ4n) is 0.149. The van der Waals surface area contributed by atoms with Crippen LogP contribution in [0.2, 0.25) is 0 Å². The van der Waals surface area contributed by atoms with Gasteiger partial charge in [-0.3, -0.25) is 0 Å². The number of aliphatic hydroxyl groups is 4. The minimum Gasteiger partial charge on any atom is -0.547 e. The maximum absolute atomic E-state index is 9.41. The summed E-state index contributed by atoms with van der Waals surface area (Å²) in [5, 5.41) is 50.5. The van der Waals surface area contributed by atoms with Gasteiger partial charge in [0, 0.05) is 0 Å². The van der Waals surface area contributed by atoms with Gasteiger partial charge in [0.25, 0.3) is 0 Å². The molecule has 9 heteroatoms. The number of aliphatic hydroxyl groups excluding tert-OH is 4. The Morgan fingerprint density at radius 2 is 1.13 bits per heavy atom. The summed E-state index contributed by atoms with van der Waals surface area (Å²) >= 11 is 0. The molecule has 84 valence electrons. The van der Waals surface area contributed by atoms with Crippen LogP contribution in [0.5, 0.6) is 0 Å². The average Bonchev–Trinajstić information content (AvgIpc) is 2.15. The van der Waals surface area contributed by atoms with Crippen LogP contribution in [0.4, 0.5) is 0 Å². The van der Waals surface area contributed by atoms with Crippen molar-refractivity contribution in [1.82, 2.24) is 0 Å². The number of carboxylic acid groups (broad SMARTS) is 2. The van der Waals surface area contributed by atoms with E-state index in [2.05, 4.69) is 0 Å². The van der Waals surface area contributed by atoms with Crippen molar-refractivity contribution in [3.05, 3.63) is 0 Å². The Labute approximate surface area is 105 Å². The van der Waals surface area contributed by atoms with Gasteiger partial charge in [-0.2, -0.15) is 0 Å². The Morgan fingerprint density at radius 1 is 0.933 bits per heavy atom. The SMILES string of the molecule is O=C([O-])C(O)CO.O=C([O-])C(O)CO.[Hg+2]. The first-order valence-electron chi connectivity index (χ1n) is 3.36. The van der Waals surface area contributed by atoms with E-state index in [0.717, 1.165) is 0 Å². The molecule has 0 aromatic carbocycles. The molecule has 0 aliphatic heterocycles. The van der Waals surface area contributed by atoms with Crippen LogP contribution in [0.25, 0.3) is 0 Å². The van der Waals surface area contributed by atoms with Gasteiger partial charge in [0.15, 0.2) is 0 Å². The van der Waals surface area contributed by atoms with Gasteiger partial charge in [-0.15, -0.1) is 0 Å². The number of aliphatic carboxylic acids is 2. The third-order valence-corrected chi connectivity index (χ3v) is 0.890. The molecule has 0 saturated heterocycles. The third-order valence-electron chi connectivity index (χ3n) is 0.890. The molecular formula is C6H10HgO8. The Bertz CT molecular complexity index is 164. The van der Waals surface area contributed by atoms with Crippen LogP contribution in [-0.2, 0) is 37.3 Å². The molecule has 0 heterocycles. The molecule has 0 spiro atoms. The zero-order chi connectivity index (χ0) is 11.7. The zero-order valence-electron chi connectivity index (χ0n) is 7.70. The number of hydrogen-bond donors (Lipinski definition) is 4. The summed E-state index contributed by atoms with van der Waals surface area (Å²) in [6.45, 7) is -1.58. The molecular weight excluding hydrogens is 401 g/mol. The Morgan fingerprint density at radius 3 is 1.13 bits per heavy atom. The molecule has 0 aromatic rings. The smallest absolute Gasteiger partial charge is 0.547 e. The van der Waals surface area contributed by atoms with E-state index in [0.29, 0.717) is 0 Å². The van der Waals surface area contributed by atoms with Crippen LogP contribution in [0.3, 0.4) is 0 Å². The summed E-state index contributed by atoms with van der Waals surface area (Å²) in [7, 11) is 0. The molecule has 0 fully saturated rings. The fraction of sp³-hybridized carbons (Fsp3) is 0.667. The van der Waals surface area contributed by atoms with Crippen LogP contribution < -0.4 is 10.2 Å². The number of carboxylic acids is 2. The minimum atomic E-state index is -1.74. The Kier molecular flexibility index (Phi) is 15.8. The summed E-state index contributed by atoms with van der Waals surface area (Å²) in [5.74, 6) is -3.30. The van der Waals surface area contributed by atoms with Crippen molar-refractivity contribution >= 4 is 11.9 Å². The Balaban J connectivity index is -0.000000180. The zero-order valence-corrected chi connectivity index (χ0v) is 13.2. The van der Waals surface area contributed by atoms with Crippen molar-refractivity contribution in [3.8, 4) is 0 Å². The third kappa shape index (κ3) is 13.7. The molecule has 0 aromatic heterocycles. The summed E-state index contributed by atoms with van der Waals surface area (Å²) < 4.78 is 0. The summed E-state index contributed by atoms with van der Waals surface area (Å²) in [5.41, 5.74) is 0. The van der Waals surface area contributed by atoms with E-state index in [9.17, 15) is 19.8 Å². The molecule has 0 amide bonds. The maximum atomic E-state index is 9.41. The molecule has 0 radical (unpaired) electrons. The largest absolute Gasteiger partial charge is 2.00 e. The molecule has 0 saturated carbocycles. The van der Waals surface area contributed by atoms with Gasteiger partial charge in [0.05, 0.1) is 25.2 Å². The fourth-order valence-corrected chi connectivity index (χ4v) is 0.149. The average molecular weight is 411 g/mol. The van der Waals surface area contributed by atoms with Crippen molar-refractivity contribution in [2.75, 3.05) is 13.2 Å². The van der Waals surface area contributed by atoms with E-state index in [1.54, 1.807) is 0 Å². The van der Waals surface area contributed by atoms with E-state index < -0.39 is 37.4 Å². The van der Waals surface area contributed by atoms with Crippen LogP contribution >= 0.6 is 0 Å². The predicted octanol–water partition coefficient (Wildman–Crippen LogP) is -5.82. The summed E-state index contributed by atoms with van der Waals surface area (Å²) in [6, 6.07) is 0. The number of hydrogen-bond acceptors (Lipinski definition) is 8. The Hall–Kier alpha value is -0.285. The van der Waals surface area contributed by atoms with Gasteiger partial charge in [-0.05, 0) is 0 Å². The monoisotopic (exact) mass is 412 g/mol. The molecule has 0 aliphatic carbocycles. The first-order chi connectivity index (χ1) is 6.36. The quantitative estimate of drug-likeness (QED) is 0.333. The van der Waals surface area contributed by atoms with E-state index in [-0.39, 0.29) is 27.7 Å². The van der Waals surface area contributed by atoms with Crippen LogP contribution in [0.15, 0.2) is 0 Å². The van der Waals surface area contributed by atoms with Gasteiger partial charge >= 0.3 is 27.7 Å². The topological polar surface area (TPSA) is 161 Å². The van der Waals surface area contributed by atoms with Crippen LogP contribution in [0, 0.1) is 0 Å². The van der Waals surface area contributed by atoms with Gasteiger partial charge < -0.3 is 40.2 Å². The van der Waals surface area contributed by atoms with E-state index in [1.807, 2.05) is 0 Å². The second-order valence-corrected chi connectivity index (χ2v) is 2.03. The molecule has 2 unspecified atom stereocenters. The first-order valence-corrected chi connectivity index (χ1v) is 3.36. The van der Waals surface area contributed by atoms with E-state index in [1.165, 1.54) is 0 Å². The molecule has 2 atom stereocenters. The van der Waals surface area contributed by atoms with E-state index in [4.69, 9.17) is 20.4 Å². The predicted molar refractivity (Wildman–Crippen MR) is 36.2 cm³/mol. The summed E-state index contributed by atoms with van der Waals surface area (Å²) in [6.07, 6.45) is -3.47. The van der Waals surface area contributed by atoms with Crippen molar-refractivity contribution in [1.29, 1.82) is 0 Å². The molecule has 0 rings (SSSR count). The van der Waals surface area contributed by atoms with Crippen LogP contribution in [-0.4, -0.2) is 57.8 Å². The molecule has 15 heavy (non-hydrogen) atoms. The van der Waals surface area contributed by atoms with Gasteiger partial charge in [0.2, 0.25) is 0 Å². The number of rotatable bonds is 4. The number of carbonyl (C=O) groups is 2. The van der Waals surface area contributed by atoms with E-state index >= 15 is 0 Å². The second-order valence-electron chi connectivity index (χ2n) is 2.03. The van der Waals surface area contributed by atoms with Crippen molar-refractivity contribution in [2.24, 2.45) is 0 Å². The van der Waals surface area contributed by atoms with Crippen molar-refractivity contribution in [2.45, 2.75) is 12.2 Å². The van der Waals surface area contributed by atoms with Crippen LogP contribution in [0.1, 0.15) is 0 Å². The van der Waals surface area contributed by atoms with Gasteiger partial charge in [-0.1, -0.05) is 0 Å². The van der Waals surface area contributed by atoms with Gasteiger partial charge in [-0.25, -0.2) is 0 Å². The summed E-state index contributed by atoms with van der Waals surface area (Å²) in [4.78, 5) is 18.8. The normalized spacial score (nSPS) is 12.5. The second kappa shape index (κ2) is 11.8. The molecule has 0 bridgehead atoms. The molecule has 0 aliphatic rings. The minimum absolute atomic E-state index is 0. The van der Waals surface area contributed by atoms with Crippen molar-refractivity contribution in [3.63, 3.8) is 0 Å².